The molecule has 4 aromatic rings. The summed E-state index contributed by atoms with van der Waals surface area (Å²) in [5.74, 6) is 1.54. The van der Waals surface area contributed by atoms with Gasteiger partial charge in [0, 0.05) is 17.3 Å². The van der Waals surface area contributed by atoms with Crippen LogP contribution in [0.25, 0.3) is 11.6 Å². The van der Waals surface area contributed by atoms with Crippen molar-refractivity contribution in [3.8, 4) is 23.1 Å². The number of aromatic nitrogens is 4. The van der Waals surface area contributed by atoms with Crippen molar-refractivity contribution in [3.05, 3.63) is 60.2 Å². The van der Waals surface area contributed by atoms with Gasteiger partial charge in [-0.1, -0.05) is 0 Å². The minimum Gasteiger partial charge on any atom is -0.493 e. The quantitative estimate of drug-likeness (QED) is 0.350. The number of nitrogens with one attached hydrogen (secondary N) is 1. The second kappa shape index (κ2) is 10.8. The van der Waals surface area contributed by atoms with Gasteiger partial charge in [-0.3, -0.25) is 14.5 Å². The summed E-state index contributed by atoms with van der Waals surface area (Å²) in [6.07, 6.45) is 1.45. The Bertz CT molecular complexity index is 1400. The predicted octanol–water partition coefficient (Wildman–Crippen LogP) is 3.54. The SMILES string of the molecule is COc1ccc(N(C(=O)Cn2nnc(-c3ccc(C)o3)n2)C(C(=O)NC(C)(C)C)c2ccco2)cc1OC. The summed E-state index contributed by atoms with van der Waals surface area (Å²) in [6.45, 7) is 7.04. The van der Waals surface area contributed by atoms with Crippen LogP contribution >= 0.6 is 0 Å². The Morgan fingerprint density at radius 1 is 1.11 bits per heavy atom. The van der Waals surface area contributed by atoms with Crippen LogP contribution in [0, 0.1) is 6.92 Å². The Kier molecular flexibility index (Phi) is 7.51. The smallest absolute Gasteiger partial charge is 0.251 e. The number of ether oxygens (including phenoxy) is 2. The molecule has 12 heteroatoms. The predicted molar refractivity (Wildman–Crippen MR) is 137 cm³/mol. The largest absolute Gasteiger partial charge is 0.493 e. The van der Waals surface area contributed by atoms with Gasteiger partial charge in [-0.05, 0) is 69.3 Å². The topological polar surface area (TPSA) is 138 Å². The van der Waals surface area contributed by atoms with Crippen molar-refractivity contribution in [3.63, 3.8) is 0 Å². The highest BCUT2D eigenvalue weighted by Gasteiger charge is 2.37. The number of aryl methyl sites for hydroxylation is 1. The van der Waals surface area contributed by atoms with E-state index in [2.05, 4.69) is 20.7 Å². The van der Waals surface area contributed by atoms with Gasteiger partial charge >= 0.3 is 0 Å². The number of rotatable bonds is 9. The first-order chi connectivity index (χ1) is 18.1. The molecule has 3 heterocycles. The van der Waals surface area contributed by atoms with E-state index >= 15 is 0 Å². The van der Waals surface area contributed by atoms with Crippen LogP contribution in [0.2, 0.25) is 0 Å². The first-order valence-electron chi connectivity index (χ1n) is 11.8. The maximum Gasteiger partial charge on any atom is 0.251 e. The second-order valence-electron chi connectivity index (χ2n) is 9.51. The molecular formula is C26H30N6O6. The van der Waals surface area contributed by atoms with E-state index in [1.54, 1.807) is 49.4 Å². The third-order valence-corrected chi connectivity index (χ3v) is 5.42. The number of hydrogen-bond acceptors (Lipinski definition) is 9. The molecule has 38 heavy (non-hydrogen) atoms. The molecule has 0 saturated carbocycles. The number of benzene rings is 1. The molecule has 0 bridgehead atoms. The van der Waals surface area contributed by atoms with Crippen LogP contribution in [0.3, 0.4) is 0 Å². The second-order valence-corrected chi connectivity index (χ2v) is 9.51. The Hall–Kier alpha value is -4.61. The maximum absolute atomic E-state index is 13.9. The minimum absolute atomic E-state index is 0.233. The lowest BCUT2D eigenvalue weighted by atomic mass is 10.1. The van der Waals surface area contributed by atoms with E-state index in [9.17, 15) is 9.59 Å². The van der Waals surface area contributed by atoms with E-state index in [0.29, 0.717) is 28.7 Å². The van der Waals surface area contributed by atoms with Crippen LogP contribution in [0.4, 0.5) is 5.69 Å². The van der Waals surface area contributed by atoms with E-state index in [1.807, 2.05) is 20.8 Å². The van der Waals surface area contributed by atoms with Crippen molar-refractivity contribution in [2.45, 2.75) is 45.8 Å². The van der Waals surface area contributed by atoms with E-state index in [4.69, 9.17) is 18.3 Å². The van der Waals surface area contributed by atoms with Crippen LogP contribution in [-0.2, 0) is 16.1 Å². The summed E-state index contributed by atoms with van der Waals surface area (Å²) in [4.78, 5) is 30.0. The maximum atomic E-state index is 13.9. The third kappa shape index (κ3) is 5.85. The molecule has 200 valence electrons. The lowest BCUT2D eigenvalue weighted by Gasteiger charge is -2.32. The highest BCUT2D eigenvalue weighted by Crippen LogP contribution is 2.36. The summed E-state index contributed by atoms with van der Waals surface area (Å²) in [7, 11) is 3.00. The highest BCUT2D eigenvalue weighted by atomic mass is 16.5. The number of anilines is 1. The molecule has 0 fully saturated rings. The van der Waals surface area contributed by atoms with Gasteiger partial charge in [0.05, 0.1) is 20.5 Å². The molecule has 0 aliphatic heterocycles. The highest BCUT2D eigenvalue weighted by molar-refractivity contribution is 6.01. The molecule has 12 nitrogen and oxygen atoms in total. The summed E-state index contributed by atoms with van der Waals surface area (Å²) in [5.41, 5.74) is -0.197. The van der Waals surface area contributed by atoms with Gasteiger partial charge in [0.25, 0.3) is 11.8 Å². The molecule has 3 aromatic heterocycles. The Balaban J connectivity index is 1.76. The summed E-state index contributed by atoms with van der Waals surface area (Å²) >= 11 is 0. The number of tetrazole rings is 1. The van der Waals surface area contributed by atoms with Crippen molar-refractivity contribution in [1.29, 1.82) is 0 Å². The van der Waals surface area contributed by atoms with Gasteiger partial charge in [-0.25, -0.2) is 0 Å². The number of carbonyl (C=O) groups excluding carboxylic acids is 2. The number of carbonyl (C=O) groups is 2. The van der Waals surface area contributed by atoms with E-state index in [1.165, 1.54) is 25.4 Å². The molecule has 1 unspecified atom stereocenters. The molecule has 0 radical (unpaired) electrons. The van der Waals surface area contributed by atoms with E-state index < -0.39 is 23.4 Å². The first-order valence-corrected chi connectivity index (χ1v) is 11.8. The lowest BCUT2D eigenvalue weighted by molar-refractivity contribution is -0.128. The lowest BCUT2D eigenvalue weighted by Crippen LogP contribution is -2.50. The van der Waals surface area contributed by atoms with Gasteiger partial charge in [0.1, 0.15) is 18.1 Å². The molecule has 0 spiro atoms. The van der Waals surface area contributed by atoms with Crippen molar-refractivity contribution in [1.82, 2.24) is 25.5 Å². The zero-order chi connectivity index (χ0) is 27.4. The Morgan fingerprint density at radius 3 is 2.47 bits per heavy atom. The molecular weight excluding hydrogens is 492 g/mol. The molecule has 1 aromatic carbocycles. The Morgan fingerprint density at radius 2 is 1.87 bits per heavy atom. The van der Waals surface area contributed by atoms with Gasteiger partial charge < -0.3 is 23.6 Å². The fourth-order valence-electron chi connectivity index (χ4n) is 3.83. The van der Waals surface area contributed by atoms with Gasteiger partial charge in [-0.15, -0.1) is 10.2 Å². The molecule has 1 atom stereocenters. The van der Waals surface area contributed by atoms with Crippen LogP contribution in [0.1, 0.15) is 38.3 Å². The van der Waals surface area contributed by atoms with Crippen LogP contribution in [0.15, 0.2) is 57.6 Å². The van der Waals surface area contributed by atoms with E-state index in [-0.39, 0.29) is 18.1 Å². The molecule has 0 aliphatic carbocycles. The van der Waals surface area contributed by atoms with Gasteiger partial charge in [0.15, 0.2) is 23.3 Å². The summed E-state index contributed by atoms with van der Waals surface area (Å²) < 4.78 is 22.0. The molecule has 0 saturated heterocycles. The van der Waals surface area contributed by atoms with Crippen molar-refractivity contribution in [2.24, 2.45) is 0 Å². The van der Waals surface area contributed by atoms with Gasteiger partial charge in [0.2, 0.25) is 5.82 Å². The van der Waals surface area contributed by atoms with Crippen LogP contribution in [-0.4, -0.2) is 51.8 Å². The molecule has 1 N–H and O–H groups in total. The number of methoxy groups -OCH3 is 2. The zero-order valence-corrected chi connectivity index (χ0v) is 22.1. The molecule has 0 aliphatic rings. The fraction of sp³-hybridized carbons (Fsp3) is 0.346. The number of furan rings is 2. The van der Waals surface area contributed by atoms with Gasteiger partial charge in [-0.2, -0.15) is 4.80 Å². The average molecular weight is 523 g/mol. The Labute approximate surface area is 219 Å². The van der Waals surface area contributed by atoms with Crippen molar-refractivity contribution >= 4 is 17.5 Å². The normalized spacial score (nSPS) is 12.2. The zero-order valence-electron chi connectivity index (χ0n) is 22.1. The monoisotopic (exact) mass is 522 g/mol. The van der Waals surface area contributed by atoms with Crippen molar-refractivity contribution in [2.75, 3.05) is 19.1 Å². The first kappa shape index (κ1) is 26.5. The minimum atomic E-state index is -1.15. The van der Waals surface area contributed by atoms with E-state index in [0.717, 1.165) is 4.80 Å². The van der Waals surface area contributed by atoms with Crippen LogP contribution < -0.4 is 19.7 Å². The number of nitrogens with zero attached hydrogens (tertiary/aromatic N) is 5. The summed E-state index contributed by atoms with van der Waals surface area (Å²) in [6, 6.07) is 10.6. The third-order valence-electron chi connectivity index (χ3n) is 5.42. The fourth-order valence-corrected chi connectivity index (χ4v) is 3.83. The standard InChI is InChI=1S/C26H30N6O6/c1-16-9-11-20(38-16)24-28-30-31(29-24)15-22(33)32(17-10-12-18(35-5)21(14-17)36-6)23(19-8-7-13-37-19)25(34)27-26(2,3)4/h7-14,23H,15H2,1-6H3,(H,27,34). The molecule has 4 rings (SSSR count). The van der Waals surface area contributed by atoms with Crippen molar-refractivity contribution < 1.29 is 27.9 Å². The average Bonchev–Trinajstić information content (AvgIpc) is 3.63. The number of hydrogen-bond donors (Lipinski definition) is 1. The number of amides is 2. The summed E-state index contributed by atoms with van der Waals surface area (Å²) in [5, 5.41) is 15.2. The molecule has 2 amide bonds. The van der Waals surface area contributed by atoms with Crippen LogP contribution in [0.5, 0.6) is 11.5 Å².